The first-order valence-corrected chi connectivity index (χ1v) is 14.3. The molecular weight excluding hydrogens is 563 g/mol. The molecule has 0 saturated heterocycles. The average molecular weight is 596 g/mol. The average Bonchev–Trinajstić information content (AvgIpc) is 2.96. The van der Waals surface area contributed by atoms with E-state index in [1.54, 1.807) is 41.9 Å². The van der Waals surface area contributed by atoms with Crippen molar-refractivity contribution >= 4 is 46.0 Å². The lowest BCUT2D eigenvalue weighted by Gasteiger charge is -2.26. The maximum atomic E-state index is 13.5. The minimum atomic E-state index is -1.24. The highest BCUT2D eigenvalue weighted by molar-refractivity contribution is 6.39. The van der Waals surface area contributed by atoms with Crippen molar-refractivity contribution < 1.29 is 19.4 Å². The number of aryl methyl sites for hydroxylation is 1. The maximum absolute atomic E-state index is 13.5. The minimum Gasteiger partial charge on any atom is -0.492 e. The maximum Gasteiger partial charge on any atom is 0.326 e. The van der Waals surface area contributed by atoms with Gasteiger partial charge in [-0.25, -0.2) is 4.79 Å². The molecule has 0 aliphatic carbocycles. The molecule has 0 fully saturated rings. The van der Waals surface area contributed by atoms with Gasteiger partial charge < -0.3 is 19.7 Å². The van der Waals surface area contributed by atoms with E-state index in [0.29, 0.717) is 41.9 Å². The summed E-state index contributed by atoms with van der Waals surface area (Å²) < 4.78 is 7.73. The van der Waals surface area contributed by atoms with Gasteiger partial charge in [0.05, 0.1) is 33.3 Å². The lowest BCUT2D eigenvalue weighted by Crippen LogP contribution is -2.45. The van der Waals surface area contributed by atoms with Crippen LogP contribution in [0.25, 0.3) is 22.0 Å². The molecule has 0 saturated carbocycles. The highest BCUT2D eigenvalue weighted by atomic mass is 35.5. The number of pyridine rings is 1. The van der Waals surface area contributed by atoms with Gasteiger partial charge in [0.15, 0.2) is 0 Å². The van der Waals surface area contributed by atoms with Gasteiger partial charge in [-0.3, -0.25) is 9.59 Å². The number of carbonyl (C=O) groups is 2. The number of fused-ring (bicyclic) bond motifs is 1. The number of carboxylic acids is 1. The smallest absolute Gasteiger partial charge is 0.326 e. The van der Waals surface area contributed by atoms with E-state index in [1.807, 2.05) is 38.1 Å². The van der Waals surface area contributed by atoms with Gasteiger partial charge in [0, 0.05) is 18.4 Å². The number of hydrogen-bond acceptors (Lipinski definition) is 4. The monoisotopic (exact) mass is 594 g/mol. The van der Waals surface area contributed by atoms with Crippen molar-refractivity contribution in [1.29, 1.82) is 0 Å². The van der Waals surface area contributed by atoms with E-state index < -0.39 is 23.8 Å². The second-order valence-electron chi connectivity index (χ2n) is 9.84. The number of para-hydroxylation sites is 1. The van der Waals surface area contributed by atoms with Crippen LogP contribution in [-0.4, -0.2) is 34.2 Å². The summed E-state index contributed by atoms with van der Waals surface area (Å²) in [6, 6.07) is 18.2. The van der Waals surface area contributed by atoms with Crippen LogP contribution >= 0.6 is 23.2 Å². The van der Waals surface area contributed by atoms with Gasteiger partial charge >= 0.3 is 5.97 Å². The molecule has 2 atom stereocenters. The predicted molar refractivity (Wildman–Crippen MR) is 163 cm³/mol. The van der Waals surface area contributed by atoms with E-state index in [0.717, 1.165) is 17.3 Å². The summed E-state index contributed by atoms with van der Waals surface area (Å²) in [5, 5.41) is 13.9. The standard InChI is InChI=1S/C32H32Cl2N2O5/c1-4-9-21(28(32(39)40)35-30(37)27-23(33)11-8-12-24(27)34)19-14-16-20(17-15-19)26-29(41-18-5-2)22-10-6-7-13-25(22)36(3)31(26)38/h6-8,10-17,21,28H,4-5,9,18H2,1-3H3,(H,35,37)(H,39,40)/t21?,28-/m0/s1. The Morgan fingerprint density at radius 2 is 1.61 bits per heavy atom. The van der Waals surface area contributed by atoms with E-state index in [9.17, 15) is 19.5 Å². The van der Waals surface area contributed by atoms with Gasteiger partial charge in [0.25, 0.3) is 11.5 Å². The summed E-state index contributed by atoms with van der Waals surface area (Å²) in [7, 11) is 1.73. The Morgan fingerprint density at radius 1 is 0.951 bits per heavy atom. The van der Waals surface area contributed by atoms with Gasteiger partial charge in [0.1, 0.15) is 11.8 Å². The Bertz CT molecular complexity index is 1610. The van der Waals surface area contributed by atoms with Crippen molar-refractivity contribution in [1.82, 2.24) is 9.88 Å². The highest BCUT2D eigenvalue weighted by Gasteiger charge is 2.32. The topological polar surface area (TPSA) is 97.6 Å². The number of aromatic nitrogens is 1. The summed E-state index contributed by atoms with van der Waals surface area (Å²) in [6.45, 7) is 4.41. The molecule has 41 heavy (non-hydrogen) atoms. The fourth-order valence-corrected chi connectivity index (χ4v) is 5.64. The third-order valence-corrected chi connectivity index (χ3v) is 7.71. The molecule has 9 heteroatoms. The molecule has 1 unspecified atom stereocenters. The minimum absolute atomic E-state index is 0.0273. The number of benzene rings is 3. The normalized spacial score (nSPS) is 12.6. The summed E-state index contributed by atoms with van der Waals surface area (Å²) in [4.78, 5) is 39.0. The van der Waals surface area contributed by atoms with Gasteiger partial charge in [0.2, 0.25) is 0 Å². The molecule has 4 rings (SSSR count). The van der Waals surface area contributed by atoms with Crippen molar-refractivity contribution in [3.05, 3.63) is 98.3 Å². The molecule has 0 aliphatic heterocycles. The second-order valence-corrected chi connectivity index (χ2v) is 10.7. The van der Waals surface area contributed by atoms with Crippen molar-refractivity contribution in [3.63, 3.8) is 0 Å². The van der Waals surface area contributed by atoms with Gasteiger partial charge in [-0.1, -0.05) is 85.9 Å². The molecule has 1 heterocycles. The first kappa shape index (κ1) is 30.2. The van der Waals surface area contributed by atoms with Gasteiger partial charge in [-0.05, 0) is 48.2 Å². The number of nitrogens with one attached hydrogen (secondary N) is 1. The lowest BCUT2D eigenvalue weighted by molar-refractivity contribution is -0.139. The fourth-order valence-electron chi connectivity index (χ4n) is 5.07. The number of ether oxygens (including phenoxy) is 1. The number of nitrogens with zero attached hydrogens (tertiary/aromatic N) is 1. The molecule has 1 amide bonds. The molecular formula is C32H32Cl2N2O5. The van der Waals surface area contributed by atoms with Crippen LogP contribution in [0.1, 0.15) is 54.9 Å². The Kier molecular flexibility index (Phi) is 9.73. The van der Waals surface area contributed by atoms with Crippen LogP contribution in [0, 0.1) is 0 Å². The molecule has 0 bridgehead atoms. The van der Waals surface area contributed by atoms with E-state index >= 15 is 0 Å². The van der Waals surface area contributed by atoms with Crippen LogP contribution in [0.3, 0.4) is 0 Å². The van der Waals surface area contributed by atoms with Crippen molar-refractivity contribution in [2.75, 3.05) is 6.61 Å². The Hall–Kier alpha value is -3.81. The van der Waals surface area contributed by atoms with Crippen molar-refractivity contribution in [3.8, 4) is 16.9 Å². The summed E-state index contributed by atoms with van der Waals surface area (Å²) in [6.07, 6.45) is 1.96. The van der Waals surface area contributed by atoms with Gasteiger partial charge in [-0.15, -0.1) is 0 Å². The predicted octanol–water partition coefficient (Wildman–Crippen LogP) is 7.07. The molecule has 4 aromatic rings. The third kappa shape index (κ3) is 6.26. The molecule has 2 N–H and O–H groups in total. The van der Waals surface area contributed by atoms with Crippen molar-refractivity contribution in [2.24, 2.45) is 7.05 Å². The Labute approximate surface area is 248 Å². The largest absolute Gasteiger partial charge is 0.492 e. The molecule has 3 aromatic carbocycles. The lowest BCUT2D eigenvalue weighted by atomic mass is 9.86. The van der Waals surface area contributed by atoms with Gasteiger partial charge in [-0.2, -0.15) is 0 Å². The number of carboxylic acid groups (broad SMARTS) is 1. The Morgan fingerprint density at radius 3 is 2.22 bits per heavy atom. The number of rotatable bonds is 11. The third-order valence-electron chi connectivity index (χ3n) is 7.08. The zero-order valence-electron chi connectivity index (χ0n) is 23.1. The van der Waals surface area contributed by atoms with Crippen LogP contribution in [-0.2, 0) is 11.8 Å². The first-order valence-electron chi connectivity index (χ1n) is 13.5. The molecule has 7 nitrogen and oxygen atoms in total. The number of aliphatic carboxylic acids is 1. The van der Waals surface area contributed by atoms with E-state index in [4.69, 9.17) is 27.9 Å². The molecule has 0 radical (unpaired) electrons. The van der Waals surface area contributed by atoms with Crippen LogP contribution in [0.5, 0.6) is 5.75 Å². The Balaban J connectivity index is 1.75. The number of amides is 1. The summed E-state index contributed by atoms with van der Waals surface area (Å²) in [5.74, 6) is -1.87. The SMILES string of the molecule is CCCOc1c(-c2ccc(C(CCC)[C@H](NC(=O)c3c(Cl)cccc3Cl)C(=O)O)cc2)c(=O)n(C)c2ccccc12. The van der Waals surface area contributed by atoms with E-state index in [2.05, 4.69) is 5.32 Å². The molecule has 214 valence electrons. The fraction of sp³-hybridized carbons (Fsp3) is 0.281. The van der Waals surface area contributed by atoms with Crippen LogP contribution in [0.4, 0.5) is 0 Å². The summed E-state index contributed by atoms with van der Waals surface area (Å²) >= 11 is 12.4. The highest BCUT2D eigenvalue weighted by Crippen LogP contribution is 2.36. The molecule has 1 aromatic heterocycles. The van der Waals surface area contributed by atoms with Crippen LogP contribution in [0.2, 0.25) is 10.0 Å². The van der Waals surface area contributed by atoms with E-state index in [-0.39, 0.29) is 21.2 Å². The van der Waals surface area contributed by atoms with Crippen LogP contribution in [0.15, 0.2) is 71.5 Å². The quantitative estimate of drug-likeness (QED) is 0.193. The summed E-state index contributed by atoms with van der Waals surface area (Å²) in [5.41, 5.74) is 2.40. The zero-order chi connectivity index (χ0) is 29.7. The van der Waals surface area contributed by atoms with Crippen molar-refractivity contribution in [2.45, 2.75) is 45.1 Å². The first-order chi connectivity index (χ1) is 19.7. The number of hydrogen-bond donors (Lipinski definition) is 2. The molecule has 0 aliphatic rings. The zero-order valence-corrected chi connectivity index (χ0v) is 24.6. The van der Waals surface area contributed by atoms with E-state index in [1.165, 1.54) is 12.1 Å². The number of carbonyl (C=O) groups excluding carboxylic acids is 1. The molecule has 0 spiro atoms. The van der Waals surface area contributed by atoms with Crippen LogP contribution < -0.4 is 15.6 Å². The number of halogens is 2. The second kappa shape index (κ2) is 13.2.